The van der Waals surface area contributed by atoms with Gasteiger partial charge in [0, 0.05) is 24.3 Å². The second kappa shape index (κ2) is 5.96. The molecule has 0 radical (unpaired) electrons. The Hall–Kier alpha value is -1.16. The summed E-state index contributed by atoms with van der Waals surface area (Å²) in [6, 6.07) is 5.36. The first kappa shape index (κ1) is 13.9. The first-order chi connectivity index (χ1) is 7.97. The summed E-state index contributed by atoms with van der Waals surface area (Å²) in [4.78, 5) is 2.16. The van der Waals surface area contributed by atoms with E-state index in [0.29, 0.717) is 11.6 Å². The number of anilines is 1. The van der Waals surface area contributed by atoms with Gasteiger partial charge in [0.2, 0.25) is 0 Å². The van der Waals surface area contributed by atoms with Crippen LogP contribution >= 0.6 is 12.2 Å². The molecular weight excluding hydrogens is 235 g/mol. The number of rotatable bonds is 5. The lowest BCUT2D eigenvalue weighted by Crippen LogP contribution is -2.28. The molecule has 2 nitrogen and oxygen atoms in total. The molecular formula is C13H19FN2S. The van der Waals surface area contributed by atoms with E-state index in [9.17, 15) is 4.39 Å². The van der Waals surface area contributed by atoms with Crippen molar-refractivity contribution < 1.29 is 4.39 Å². The molecule has 0 bridgehead atoms. The second-order valence-electron chi connectivity index (χ2n) is 4.28. The SMILES string of the molecule is CCCC(C)N(C)c1ccc(C(N)=S)c(F)c1. The summed E-state index contributed by atoms with van der Waals surface area (Å²) in [5.41, 5.74) is 6.58. The van der Waals surface area contributed by atoms with Crippen molar-refractivity contribution in [2.75, 3.05) is 11.9 Å². The highest BCUT2D eigenvalue weighted by atomic mass is 32.1. The minimum absolute atomic E-state index is 0.0957. The Morgan fingerprint density at radius 1 is 1.53 bits per heavy atom. The van der Waals surface area contributed by atoms with Gasteiger partial charge in [0.1, 0.15) is 10.8 Å². The molecule has 0 saturated heterocycles. The van der Waals surface area contributed by atoms with Crippen LogP contribution in [0.1, 0.15) is 32.3 Å². The first-order valence-electron chi connectivity index (χ1n) is 5.79. The molecule has 0 saturated carbocycles. The van der Waals surface area contributed by atoms with Crippen molar-refractivity contribution in [2.45, 2.75) is 32.7 Å². The van der Waals surface area contributed by atoms with Gasteiger partial charge in [-0.05, 0) is 31.5 Å². The molecule has 0 aliphatic heterocycles. The number of hydrogen-bond acceptors (Lipinski definition) is 2. The smallest absolute Gasteiger partial charge is 0.135 e. The van der Waals surface area contributed by atoms with Gasteiger partial charge in [-0.2, -0.15) is 0 Å². The average molecular weight is 254 g/mol. The number of nitrogens with two attached hydrogens (primary N) is 1. The van der Waals surface area contributed by atoms with Gasteiger partial charge in [-0.25, -0.2) is 4.39 Å². The van der Waals surface area contributed by atoms with E-state index in [0.717, 1.165) is 18.5 Å². The lowest BCUT2D eigenvalue weighted by molar-refractivity contribution is 0.605. The Balaban J connectivity index is 2.93. The van der Waals surface area contributed by atoms with Gasteiger partial charge in [-0.1, -0.05) is 25.6 Å². The van der Waals surface area contributed by atoms with Crippen LogP contribution in [0.15, 0.2) is 18.2 Å². The van der Waals surface area contributed by atoms with Crippen LogP contribution in [0.3, 0.4) is 0 Å². The fourth-order valence-electron chi connectivity index (χ4n) is 1.79. The summed E-state index contributed by atoms with van der Waals surface area (Å²) >= 11 is 4.78. The molecule has 1 rings (SSSR count). The third kappa shape index (κ3) is 3.40. The highest BCUT2D eigenvalue weighted by Crippen LogP contribution is 2.20. The molecule has 17 heavy (non-hydrogen) atoms. The normalized spacial score (nSPS) is 12.2. The fraction of sp³-hybridized carbons (Fsp3) is 0.462. The average Bonchev–Trinajstić information content (AvgIpc) is 2.27. The summed E-state index contributed by atoms with van der Waals surface area (Å²) in [5.74, 6) is -0.356. The Morgan fingerprint density at radius 2 is 2.18 bits per heavy atom. The Morgan fingerprint density at radius 3 is 2.65 bits per heavy atom. The van der Waals surface area contributed by atoms with Gasteiger partial charge in [-0.15, -0.1) is 0 Å². The lowest BCUT2D eigenvalue weighted by Gasteiger charge is -2.27. The van der Waals surface area contributed by atoms with Crippen LogP contribution in [0, 0.1) is 5.82 Å². The van der Waals surface area contributed by atoms with Crippen molar-refractivity contribution in [3.63, 3.8) is 0 Å². The molecule has 1 unspecified atom stereocenters. The molecule has 1 atom stereocenters. The van der Waals surface area contributed by atoms with Crippen molar-refractivity contribution in [2.24, 2.45) is 5.73 Å². The van der Waals surface area contributed by atoms with Crippen LogP contribution in [0.2, 0.25) is 0 Å². The molecule has 0 heterocycles. The zero-order valence-electron chi connectivity index (χ0n) is 10.5. The highest BCUT2D eigenvalue weighted by molar-refractivity contribution is 7.80. The molecule has 2 N–H and O–H groups in total. The van der Waals surface area contributed by atoms with E-state index in [1.54, 1.807) is 6.07 Å². The minimum Gasteiger partial charge on any atom is -0.389 e. The molecule has 0 aliphatic rings. The zero-order valence-corrected chi connectivity index (χ0v) is 11.4. The molecule has 94 valence electrons. The molecule has 0 aliphatic carbocycles. The summed E-state index contributed by atoms with van der Waals surface area (Å²) in [6.45, 7) is 4.27. The van der Waals surface area contributed by atoms with E-state index >= 15 is 0 Å². The largest absolute Gasteiger partial charge is 0.389 e. The van der Waals surface area contributed by atoms with Gasteiger partial charge >= 0.3 is 0 Å². The summed E-state index contributed by atoms with van der Waals surface area (Å²) < 4.78 is 13.7. The van der Waals surface area contributed by atoms with Crippen molar-refractivity contribution in [3.8, 4) is 0 Å². The Kier molecular flexibility index (Phi) is 4.87. The van der Waals surface area contributed by atoms with E-state index in [4.69, 9.17) is 18.0 Å². The first-order valence-corrected chi connectivity index (χ1v) is 6.20. The fourth-order valence-corrected chi connectivity index (χ4v) is 1.95. The maximum atomic E-state index is 13.7. The van der Waals surface area contributed by atoms with E-state index in [1.165, 1.54) is 6.07 Å². The van der Waals surface area contributed by atoms with Crippen molar-refractivity contribution in [1.29, 1.82) is 0 Å². The predicted molar refractivity (Wildman–Crippen MR) is 75.1 cm³/mol. The van der Waals surface area contributed by atoms with Crippen LogP contribution in [-0.4, -0.2) is 18.1 Å². The van der Waals surface area contributed by atoms with Gasteiger partial charge in [-0.3, -0.25) is 0 Å². The van der Waals surface area contributed by atoms with Crippen molar-refractivity contribution in [3.05, 3.63) is 29.6 Å². The number of nitrogens with zero attached hydrogens (tertiary/aromatic N) is 1. The van der Waals surface area contributed by atoms with E-state index < -0.39 is 0 Å². The molecule has 0 amide bonds. The van der Waals surface area contributed by atoms with Crippen molar-refractivity contribution in [1.82, 2.24) is 0 Å². The maximum Gasteiger partial charge on any atom is 0.135 e. The number of thiocarbonyl (C=S) groups is 1. The third-order valence-corrected chi connectivity index (χ3v) is 3.21. The van der Waals surface area contributed by atoms with E-state index in [1.807, 2.05) is 13.1 Å². The lowest BCUT2D eigenvalue weighted by atomic mass is 10.1. The van der Waals surface area contributed by atoms with E-state index in [-0.39, 0.29) is 10.8 Å². The van der Waals surface area contributed by atoms with Gasteiger partial charge in [0.15, 0.2) is 0 Å². The summed E-state index contributed by atoms with van der Waals surface area (Å²) in [6.07, 6.45) is 2.19. The van der Waals surface area contributed by atoms with Crippen molar-refractivity contribution >= 4 is 22.9 Å². The van der Waals surface area contributed by atoms with Crippen LogP contribution in [-0.2, 0) is 0 Å². The maximum absolute atomic E-state index is 13.7. The zero-order chi connectivity index (χ0) is 13.0. The van der Waals surface area contributed by atoms with E-state index in [2.05, 4.69) is 18.7 Å². The number of halogens is 1. The van der Waals surface area contributed by atoms with Gasteiger partial charge in [0.25, 0.3) is 0 Å². The second-order valence-corrected chi connectivity index (χ2v) is 4.72. The Bertz CT molecular complexity index is 406. The minimum atomic E-state index is -0.356. The van der Waals surface area contributed by atoms with Gasteiger partial charge < -0.3 is 10.6 Å². The number of hydrogen-bond donors (Lipinski definition) is 1. The Labute approximate surface area is 108 Å². The molecule has 4 heteroatoms. The van der Waals surface area contributed by atoms with Crippen LogP contribution < -0.4 is 10.6 Å². The molecule has 1 aromatic rings. The standard InChI is InChI=1S/C13H19FN2S/c1-4-5-9(2)16(3)10-6-7-11(13(15)17)12(14)8-10/h6-9H,4-5H2,1-3H3,(H2,15,17). The summed E-state index contributed by atoms with van der Waals surface area (Å²) in [7, 11) is 1.97. The summed E-state index contributed by atoms with van der Waals surface area (Å²) in [5, 5.41) is 0. The molecule has 0 fully saturated rings. The number of benzene rings is 1. The predicted octanol–water partition coefficient (Wildman–Crippen LogP) is 3.08. The third-order valence-electron chi connectivity index (χ3n) is 2.99. The molecule has 0 spiro atoms. The molecule has 1 aromatic carbocycles. The highest BCUT2D eigenvalue weighted by Gasteiger charge is 2.12. The monoisotopic (exact) mass is 254 g/mol. The van der Waals surface area contributed by atoms with Crippen LogP contribution in [0.25, 0.3) is 0 Å². The van der Waals surface area contributed by atoms with Gasteiger partial charge in [0.05, 0.1) is 0 Å². The topological polar surface area (TPSA) is 29.3 Å². The quantitative estimate of drug-likeness (QED) is 0.819. The van der Waals surface area contributed by atoms with Crippen LogP contribution in [0.4, 0.5) is 10.1 Å². The van der Waals surface area contributed by atoms with Crippen LogP contribution in [0.5, 0.6) is 0 Å². The molecule has 0 aromatic heterocycles.